The number of carbonyl (C=O) groups excluding carboxylic acids is 1. The number of hydrogen-bond donors (Lipinski definition) is 1. The second-order valence-corrected chi connectivity index (χ2v) is 7.42. The molecule has 6 nitrogen and oxygen atoms in total. The molecule has 0 spiro atoms. The third-order valence-electron chi connectivity index (χ3n) is 5.28. The molecule has 0 aliphatic rings. The molecule has 6 heteroatoms. The first kappa shape index (κ1) is 21.4. The van der Waals surface area contributed by atoms with E-state index in [0.29, 0.717) is 25.3 Å². The van der Waals surface area contributed by atoms with Crippen molar-refractivity contribution in [3.63, 3.8) is 0 Å². The zero-order chi connectivity index (χ0) is 22.2. The van der Waals surface area contributed by atoms with Crippen LogP contribution in [0, 0.1) is 0 Å². The quantitative estimate of drug-likeness (QED) is 0.377. The molecule has 1 amide bonds. The third kappa shape index (κ3) is 5.27. The Balaban J connectivity index is 1.35. The number of amides is 1. The minimum atomic E-state index is -0.0491. The molecule has 0 aliphatic heterocycles. The largest absolute Gasteiger partial charge is 0.497 e. The Kier molecular flexibility index (Phi) is 7.02. The highest BCUT2D eigenvalue weighted by Gasteiger charge is 2.11. The first-order valence-corrected chi connectivity index (χ1v) is 10.8. The fourth-order valence-electron chi connectivity index (χ4n) is 3.63. The van der Waals surface area contributed by atoms with Gasteiger partial charge in [-0.25, -0.2) is 4.98 Å². The van der Waals surface area contributed by atoms with Gasteiger partial charge in [0.05, 0.1) is 24.7 Å². The fraction of sp³-hybridized carbons (Fsp3) is 0.231. The van der Waals surface area contributed by atoms with Gasteiger partial charge in [-0.2, -0.15) is 0 Å². The first-order chi connectivity index (χ1) is 15.7. The van der Waals surface area contributed by atoms with Gasteiger partial charge in [0.1, 0.15) is 23.9 Å². The average Bonchev–Trinajstić information content (AvgIpc) is 3.20. The molecule has 0 fully saturated rings. The van der Waals surface area contributed by atoms with Crippen LogP contribution in [0.3, 0.4) is 0 Å². The molecule has 0 bridgehead atoms. The minimum Gasteiger partial charge on any atom is -0.497 e. The molecule has 1 heterocycles. The van der Waals surface area contributed by atoms with Crippen LogP contribution < -0.4 is 14.8 Å². The fourth-order valence-corrected chi connectivity index (χ4v) is 3.63. The van der Waals surface area contributed by atoms with Gasteiger partial charge >= 0.3 is 0 Å². The lowest BCUT2D eigenvalue weighted by molar-refractivity contribution is 0.0953. The van der Waals surface area contributed by atoms with Gasteiger partial charge < -0.3 is 19.4 Å². The van der Waals surface area contributed by atoms with Gasteiger partial charge in [0.25, 0.3) is 5.91 Å². The summed E-state index contributed by atoms with van der Waals surface area (Å²) < 4.78 is 13.3. The van der Waals surface area contributed by atoms with E-state index in [2.05, 4.69) is 16.0 Å². The summed E-state index contributed by atoms with van der Waals surface area (Å²) in [5.74, 6) is 2.56. The van der Waals surface area contributed by atoms with E-state index in [0.717, 1.165) is 41.2 Å². The number of benzene rings is 3. The number of nitrogens with one attached hydrogen (secondary N) is 1. The van der Waals surface area contributed by atoms with Crippen molar-refractivity contribution < 1.29 is 14.3 Å². The van der Waals surface area contributed by atoms with Gasteiger partial charge in [-0.3, -0.25) is 4.79 Å². The monoisotopic (exact) mass is 429 g/mol. The number of para-hydroxylation sites is 2. The maximum absolute atomic E-state index is 12.2. The van der Waals surface area contributed by atoms with E-state index < -0.39 is 0 Å². The molecule has 0 saturated heterocycles. The average molecular weight is 430 g/mol. The SMILES string of the molecule is COc1ccc(OCCn2c(CCCNC(=O)c3ccccc3)nc3ccccc32)cc1. The highest BCUT2D eigenvalue weighted by molar-refractivity contribution is 5.94. The van der Waals surface area contributed by atoms with E-state index in [1.54, 1.807) is 7.11 Å². The van der Waals surface area contributed by atoms with Gasteiger partial charge in [-0.1, -0.05) is 30.3 Å². The summed E-state index contributed by atoms with van der Waals surface area (Å²) in [5.41, 5.74) is 2.74. The van der Waals surface area contributed by atoms with Crippen molar-refractivity contribution in [2.75, 3.05) is 20.3 Å². The molecule has 1 aromatic heterocycles. The lowest BCUT2D eigenvalue weighted by Gasteiger charge is -2.11. The predicted molar refractivity (Wildman–Crippen MR) is 125 cm³/mol. The number of rotatable bonds is 10. The third-order valence-corrected chi connectivity index (χ3v) is 5.28. The Morgan fingerprint density at radius 2 is 1.66 bits per heavy atom. The van der Waals surface area contributed by atoms with Crippen molar-refractivity contribution in [1.29, 1.82) is 0 Å². The molecular weight excluding hydrogens is 402 g/mol. The van der Waals surface area contributed by atoms with Crippen LogP contribution in [0.4, 0.5) is 0 Å². The highest BCUT2D eigenvalue weighted by Crippen LogP contribution is 2.19. The van der Waals surface area contributed by atoms with Gasteiger partial charge in [-0.05, 0) is 55.0 Å². The molecule has 0 atom stereocenters. The molecule has 0 radical (unpaired) electrons. The van der Waals surface area contributed by atoms with Crippen molar-refractivity contribution in [3.8, 4) is 11.5 Å². The maximum Gasteiger partial charge on any atom is 0.251 e. The molecule has 4 aromatic rings. The highest BCUT2D eigenvalue weighted by atomic mass is 16.5. The number of nitrogens with zero attached hydrogens (tertiary/aromatic N) is 2. The Morgan fingerprint density at radius 3 is 2.44 bits per heavy atom. The molecule has 4 rings (SSSR count). The van der Waals surface area contributed by atoms with Crippen LogP contribution in [0.5, 0.6) is 11.5 Å². The van der Waals surface area contributed by atoms with E-state index in [4.69, 9.17) is 14.5 Å². The van der Waals surface area contributed by atoms with Crippen molar-refractivity contribution in [1.82, 2.24) is 14.9 Å². The summed E-state index contributed by atoms with van der Waals surface area (Å²) in [6, 6.07) is 25.0. The van der Waals surface area contributed by atoms with Gasteiger partial charge in [0.15, 0.2) is 0 Å². The lowest BCUT2D eigenvalue weighted by atomic mass is 10.2. The minimum absolute atomic E-state index is 0.0491. The molecule has 0 saturated carbocycles. The number of aromatic nitrogens is 2. The van der Waals surface area contributed by atoms with Crippen molar-refractivity contribution >= 4 is 16.9 Å². The van der Waals surface area contributed by atoms with Crippen LogP contribution in [0.15, 0.2) is 78.9 Å². The molecule has 3 aromatic carbocycles. The smallest absolute Gasteiger partial charge is 0.251 e. The molecule has 32 heavy (non-hydrogen) atoms. The Bertz CT molecular complexity index is 1150. The molecule has 0 unspecified atom stereocenters. The second-order valence-electron chi connectivity index (χ2n) is 7.42. The van der Waals surface area contributed by atoms with E-state index >= 15 is 0 Å². The van der Waals surface area contributed by atoms with Crippen LogP contribution >= 0.6 is 0 Å². The summed E-state index contributed by atoms with van der Waals surface area (Å²) in [4.78, 5) is 17.0. The molecule has 1 N–H and O–H groups in total. The maximum atomic E-state index is 12.2. The van der Waals surface area contributed by atoms with Crippen LogP contribution in [0.25, 0.3) is 11.0 Å². The summed E-state index contributed by atoms with van der Waals surface area (Å²) >= 11 is 0. The predicted octanol–water partition coefficient (Wildman–Crippen LogP) is 4.49. The molecule has 0 aliphatic carbocycles. The number of fused-ring (bicyclic) bond motifs is 1. The zero-order valence-electron chi connectivity index (χ0n) is 18.2. The van der Waals surface area contributed by atoms with Crippen LogP contribution in [0.1, 0.15) is 22.6 Å². The number of hydrogen-bond acceptors (Lipinski definition) is 4. The molecule has 164 valence electrons. The van der Waals surface area contributed by atoms with Crippen LogP contribution in [-0.2, 0) is 13.0 Å². The van der Waals surface area contributed by atoms with E-state index in [1.165, 1.54) is 0 Å². The summed E-state index contributed by atoms with van der Waals surface area (Å²) in [6.07, 6.45) is 1.58. The summed E-state index contributed by atoms with van der Waals surface area (Å²) in [6.45, 7) is 1.82. The summed E-state index contributed by atoms with van der Waals surface area (Å²) in [7, 11) is 1.65. The molecular formula is C26H27N3O3. The Labute approximate surface area is 187 Å². The van der Waals surface area contributed by atoms with E-state index in [-0.39, 0.29) is 5.91 Å². The number of imidazole rings is 1. The van der Waals surface area contributed by atoms with Gasteiger partial charge in [0.2, 0.25) is 0 Å². The number of aryl methyl sites for hydroxylation is 1. The van der Waals surface area contributed by atoms with Crippen molar-refractivity contribution in [3.05, 3.63) is 90.3 Å². The Hall–Kier alpha value is -3.80. The number of carbonyl (C=O) groups is 1. The summed E-state index contributed by atoms with van der Waals surface area (Å²) in [5, 5.41) is 2.99. The number of methoxy groups -OCH3 is 1. The van der Waals surface area contributed by atoms with E-state index in [9.17, 15) is 4.79 Å². The standard InChI is InChI=1S/C26H27N3O3/c1-31-21-13-15-22(16-14-21)32-19-18-29-24-11-6-5-10-23(24)28-25(29)12-7-17-27-26(30)20-8-3-2-4-9-20/h2-6,8-11,13-16H,7,12,17-19H2,1H3,(H,27,30). The van der Waals surface area contributed by atoms with Crippen LogP contribution in [-0.4, -0.2) is 35.7 Å². The normalized spacial score (nSPS) is 10.8. The van der Waals surface area contributed by atoms with Gasteiger partial charge in [0, 0.05) is 18.5 Å². The zero-order valence-corrected chi connectivity index (χ0v) is 18.2. The van der Waals surface area contributed by atoms with Crippen molar-refractivity contribution in [2.45, 2.75) is 19.4 Å². The lowest BCUT2D eigenvalue weighted by Crippen LogP contribution is -2.25. The van der Waals surface area contributed by atoms with Crippen LogP contribution in [0.2, 0.25) is 0 Å². The Morgan fingerprint density at radius 1 is 0.938 bits per heavy atom. The number of ether oxygens (including phenoxy) is 2. The van der Waals surface area contributed by atoms with Gasteiger partial charge in [-0.15, -0.1) is 0 Å². The first-order valence-electron chi connectivity index (χ1n) is 10.8. The second kappa shape index (κ2) is 10.5. The van der Waals surface area contributed by atoms with Crippen molar-refractivity contribution in [2.24, 2.45) is 0 Å². The van der Waals surface area contributed by atoms with E-state index in [1.807, 2.05) is 72.8 Å². The topological polar surface area (TPSA) is 65.4 Å².